The minimum Gasteiger partial charge on any atom is -0.465 e. The number of ether oxygens (including phenoxy) is 2. The first-order valence-electron chi connectivity index (χ1n) is 7.02. The quantitative estimate of drug-likeness (QED) is 0.544. The van der Waals surface area contributed by atoms with Crippen molar-refractivity contribution < 1.29 is 23.5 Å². The third-order valence-electron chi connectivity index (χ3n) is 3.32. The van der Waals surface area contributed by atoms with E-state index in [0.29, 0.717) is 16.5 Å². The first kappa shape index (κ1) is 15.5. The van der Waals surface area contributed by atoms with E-state index in [1.807, 2.05) is 0 Å². The van der Waals surface area contributed by atoms with E-state index in [1.165, 1.54) is 31.4 Å². The van der Waals surface area contributed by atoms with Crippen molar-refractivity contribution in [1.82, 2.24) is 0 Å². The Bertz CT molecular complexity index is 969. The molecule has 3 rings (SSSR count). The zero-order valence-electron chi connectivity index (χ0n) is 12.6. The molecule has 0 bridgehead atoms. The highest BCUT2D eigenvalue weighted by Crippen LogP contribution is 2.16. The fourth-order valence-corrected chi connectivity index (χ4v) is 2.14. The predicted molar refractivity (Wildman–Crippen MR) is 85.2 cm³/mol. The van der Waals surface area contributed by atoms with E-state index in [9.17, 15) is 14.4 Å². The molecule has 0 atom stereocenters. The Kier molecular flexibility index (Phi) is 4.11. The van der Waals surface area contributed by atoms with Gasteiger partial charge >= 0.3 is 11.9 Å². The zero-order chi connectivity index (χ0) is 17.1. The molecule has 0 amide bonds. The Labute approximate surface area is 136 Å². The van der Waals surface area contributed by atoms with Crippen LogP contribution in [0.4, 0.5) is 0 Å². The highest BCUT2D eigenvalue weighted by molar-refractivity contribution is 5.91. The standard InChI is InChI=1S/C18H12O6/c1-22-17(20)11-6-8-12(9-7-11)23-18(21)16-10-14(19)13-4-2-3-5-15(13)24-16/h2-10H,1H3. The van der Waals surface area contributed by atoms with Crippen molar-refractivity contribution in [3.63, 3.8) is 0 Å². The van der Waals surface area contributed by atoms with Crippen LogP contribution in [0.3, 0.4) is 0 Å². The molecule has 0 radical (unpaired) electrons. The molecule has 3 aromatic rings. The highest BCUT2D eigenvalue weighted by Gasteiger charge is 2.15. The molecule has 0 unspecified atom stereocenters. The molecule has 0 aliphatic heterocycles. The largest absolute Gasteiger partial charge is 0.465 e. The molecule has 0 saturated heterocycles. The number of carbonyl (C=O) groups is 2. The molecule has 0 aliphatic carbocycles. The van der Waals surface area contributed by atoms with Crippen LogP contribution in [0.15, 0.2) is 63.8 Å². The summed E-state index contributed by atoms with van der Waals surface area (Å²) < 4.78 is 15.1. The van der Waals surface area contributed by atoms with Crippen LogP contribution in [0.5, 0.6) is 5.75 Å². The van der Waals surface area contributed by atoms with Gasteiger partial charge in [-0.1, -0.05) is 12.1 Å². The molecular formula is C18H12O6. The van der Waals surface area contributed by atoms with Crippen molar-refractivity contribution in [1.29, 1.82) is 0 Å². The Morgan fingerprint density at radius 2 is 1.67 bits per heavy atom. The lowest BCUT2D eigenvalue weighted by atomic mass is 10.2. The Hall–Kier alpha value is -3.41. The molecule has 0 N–H and O–H groups in total. The average molecular weight is 324 g/mol. The SMILES string of the molecule is COC(=O)c1ccc(OC(=O)c2cc(=O)c3ccccc3o2)cc1. The molecule has 1 aromatic heterocycles. The summed E-state index contributed by atoms with van der Waals surface area (Å²) >= 11 is 0. The molecule has 120 valence electrons. The van der Waals surface area contributed by atoms with Gasteiger partial charge in [-0.25, -0.2) is 9.59 Å². The van der Waals surface area contributed by atoms with Crippen molar-refractivity contribution in [3.8, 4) is 5.75 Å². The first-order valence-corrected chi connectivity index (χ1v) is 7.02. The van der Waals surface area contributed by atoms with Crippen molar-refractivity contribution in [3.05, 3.63) is 76.1 Å². The van der Waals surface area contributed by atoms with Gasteiger partial charge in [0.25, 0.3) is 0 Å². The first-order chi connectivity index (χ1) is 11.6. The summed E-state index contributed by atoms with van der Waals surface area (Å²) in [6, 6.07) is 13.5. The number of fused-ring (bicyclic) bond motifs is 1. The molecule has 0 spiro atoms. The van der Waals surface area contributed by atoms with Gasteiger partial charge in [-0.3, -0.25) is 4.79 Å². The van der Waals surface area contributed by atoms with Crippen LogP contribution in [0.1, 0.15) is 20.9 Å². The van der Waals surface area contributed by atoms with Crippen molar-refractivity contribution in [2.24, 2.45) is 0 Å². The van der Waals surface area contributed by atoms with Gasteiger partial charge in [0.2, 0.25) is 5.76 Å². The van der Waals surface area contributed by atoms with Gasteiger partial charge in [0.15, 0.2) is 5.43 Å². The van der Waals surface area contributed by atoms with Crippen molar-refractivity contribution in [2.45, 2.75) is 0 Å². The van der Waals surface area contributed by atoms with Gasteiger partial charge in [0, 0.05) is 6.07 Å². The van der Waals surface area contributed by atoms with Gasteiger partial charge in [-0.05, 0) is 36.4 Å². The summed E-state index contributed by atoms with van der Waals surface area (Å²) in [5.74, 6) is -1.28. The van der Waals surface area contributed by atoms with Crippen LogP contribution < -0.4 is 10.2 Å². The second-order valence-corrected chi connectivity index (χ2v) is 4.88. The number of methoxy groups -OCH3 is 1. The van der Waals surface area contributed by atoms with Crippen LogP contribution in [0.25, 0.3) is 11.0 Å². The maximum absolute atomic E-state index is 12.1. The summed E-state index contributed by atoms with van der Waals surface area (Å²) in [4.78, 5) is 35.5. The molecule has 0 aliphatic rings. The lowest BCUT2D eigenvalue weighted by Gasteiger charge is -2.05. The number of rotatable bonds is 3. The van der Waals surface area contributed by atoms with E-state index >= 15 is 0 Å². The van der Waals surface area contributed by atoms with Crippen molar-refractivity contribution in [2.75, 3.05) is 7.11 Å². The van der Waals surface area contributed by atoms with E-state index in [0.717, 1.165) is 6.07 Å². The van der Waals surface area contributed by atoms with E-state index in [4.69, 9.17) is 9.15 Å². The van der Waals surface area contributed by atoms with Crippen LogP contribution >= 0.6 is 0 Å². The van der Waals surface area contributed by atoms with Gasteiger partial charge in [-0.15, -0.1) is 0 Å². The van der Waals surface area contributed by atoms with Crippen LogP contribution in [0, 0.1) is 0 Å². The lowest BCUT2D eigenvalue weighted by molar-refractivity contribution is 0.0600. The highest BCUT2D eigenvalue weighted by atomic mass is 16.5. The minimum absolute atomic E-state index is 0.198. The lowest BCUT2D eigenvalue weighted by Crippen LogP contribution is -2.12. The molecule has 6 heteroatoms. The molecular weight excluding hydrogens is 312 g/mol. The van der Waals surface area contributed by atoms with Crippen LogP contribution in [-0.4, -0.2) is 19.0 Å². The van der Waals surface area contributed by atoms with Gasteiger partial charge in [0.05, 0.1) is 18.1 Å². The second-order valence-electron chi connectivity index (χ2n) is 4.88. The molecule has 0 fully saturated rings. The molecule has 6 nitrogen and oxygen atoms in total. The Morgan fingerprint density at radius 1 is 0.958 bits per heavy atom. The fraction of sp³-hybridized carbons (Fsp3) is 0.0556. The number of benzene rings is 2. The number of hydrogen-bond donors (Lipinski definition) is 0. The van der Waals surface area contributed by atoms with Crippen molar-refractivity contribution >= 4 is 22.9 Å². The molecule has 2 aromatic carbocycles. The molecule has 24 heavy (non-hydrogen) atoms. The zero-order valence-corrected chi connectivity index (χ0v) is 12.6. The third kappa shape index (κ3) is 3.03. The summed E-state index contributed by atoms with van der Waals surface area (Å²) in [7, 11) is 1.28. The number of hydrogen-bond acceptors (Lipinski definition) is 6. The summed E-state index contributed by atoms with van der Waals surface area (Å²) in [5.41, 5.74) is 0.303. The predicted octanol–water partition coefficient (Wildman–Crippen LogP) is 2.80. The normalized spacial score (nSPS) is 10.4. The summed E-state index contributed by atoms with van der Waals surface area (Å²) in [6.07, 6.45) is 0. The Morgan fingerprint density at radius 3 is 2.38 bits per heavy atom. The monoisotopic (exact) mass is 324 g/mol. The fourth-order valence-electron chi connectivity index (χ4n) is 2.14. The smallest absolute Gasteiger partial charge is 0.379 e. The van der Waals surface area contributed by atoms with Gasteiger partial charge in [0.1, 0.15) is 11.3 Å². The van der Waals surface area contributed by atoms with E-state index in [2.05, 4.69) is 4.74 Å². The van der Waals surface area contributed by atoms with Crippen LogP contribution in [0.2, 0.25) is 0 Å². The van der Waals surface area contributed by atoms with E-state index in [1.54, 1.807) is 24.3 Å². The molecule has 1 heterocycles. The minimum atomic E-state index is -0.802. The number of esters is 2. The number of para-hydroxylation sites is 1. The van der Waals surface area contributed by atoms with Gasteiger partial charge < -0.3 is 13.9 Å². The number of carbonyl (C=O) groups excluding carboxylic acids is 2. The topological polar surface area (TPSA) is 82.8 Å². The van der Waals surface area contributed by atoms with Crippen LogP contribution in [-0.2, 0) is 4.74 Å². The maximum atomic E-state index is 12.1. The summed E-state index contributed by atoms with van der Waals surface area (Å²) in [5, 5.41) is 0.386. The maximum Gasteiger partial charge on any atom is 0.379 e. The third-order valence-corrected chi connectivity index (χ3v) is 3.32. The van der Waals surface area contributed by atoms with E-state index in [-0.39, 0.29) is 16.9 Å². The van der Waals surface area contributed by atoms with E-state index < -0.39 is 11.9 Å². The Balaban J connectivity index is 1.85. The van der Waals surface area contributed by atoms with Gasteiger partial charge in [-0.2, -0.15) is 0 Å². The molecule has 0 saturated carbocycles. The summed E-state index contributed by atoms with van der Waals surface area (Å²) in [6.45, 7) is 0. The average Bonchev–Trinajstić information content (AvgIpc) is 2.61. The second kappa shape index (κ2) is 6.37.